The number of cyclic esters (lactones) is 1. The van der Waals surface area contributed by atoms with E-state index in [1.165, 1.54) is 12.0 Å². The van der Waals surface area contributed by atoms with Gasteiger partial charge in [-0.1, -0.05) is 71.1 Å². The first-order valence-corrected chi connectivity index (χ1v) is 28.1. The van der Waals surface area contributed by atoms with Crippen molar-refractivity contribution in [3.63, 3.8) is 0 Å². The van der Waals surface area contributed by atoms with Crippen LogP contribution in [-0.4, -0.2) is 183 Å². The fourth-order valence-electron chi connectivity index (χ4n) is 12.3. The van der Waals surface area contributed by atoms with E-state index in [4.69, 9.17) is 23.7 Å². The van der Waals surface area contributed by atoms with Crippen LogP contribution >= 0.6 is 0 Å². The van der Waals surface area contributed by atoms with Crippen molar-refractivity contribution in [2.45, 2.75) is 199 Å². The maximum atomic E-state index is 14.6. The van der Waals surface area contributed by atoms with Crippen LogP contribution in [0.1, 0.15) is 132 Å². The third-order valence-corrected chi connectivity index (χ3v) is 17.2. The summed E-state index contributed by atoms with van der Waals surface area (Å²) in [6, 6.07) is -2.46. The Bertz CT molecular complexity index is 2220. The van der Waals surface area contributed by atoms with Gasteiger partial charge in [0.05, 0.1) is 43.7 Å². The summed E-state index contributed by atoms with van der Waals surface area (Å²) in [5, 5.41) is 43.8. The Balaban J connectivity index is 1.31. The third-order valence-electron chi connectivity index (χ3n) is 17.2. The predicted molar refractivity (Wildman–Crippen MR) is 282 cm³/mol. The van der Waals surface area contributed by atoms with E-state index in [-0.39, 0.29) is 87.3 Å². The first kappa shape index (κ1) is 61.7. The number of β-amino-alcohol motifs (C(OH)–C–C–N with tert-alkyl or cyclic N) is 1. The molecule has 0 aromatic carbocycles. The first-order valence-electron chi connectivity index (χ1n) is 28.1. The number of amides is 4. The van der Waals surface area contributed by atoms with Crippen molar-refractivity contribution in [1.82, 2.24) is 14.7 Å². The van der Waals surface area contributed by atoms with Gasteiger partial charge in [-0.25, -0.2) is 9.59 Å². The minimum absolute atomic E-state index is 0.0249. The quantitative estimate of drug-likeness (QED) is 0.103. The number of fused-ring (bicyclic) bond motifs is 4. The number of rotatable bonds is 9. The normalized spacial score (nSPS) is 39.8. The average molecular weight is 1080 g/mol. The van der Waals surface area contributed by atoms with Crippen molar-refractivity contribution in [2.75, 3.05) is 40.5 Å². The molecule has 4 saturated heterocycles. The van der Waals surface area contributed by atoms with E-state index in [1.807, 2.05) is 51.2 Å². The van der Waals surface area contributed by atoms with Crippen molar-refractivity contribution >= 4 is 41.2 Å². The largest absolute Gasteiger partial charge is 0.460 e. The number of carbonyl (C=O) groups is 7. The number of esters is 1. The molecule has 17 atom stereocenters. The highest BCUT2D eigenvalue weighted by atomic mass is 16.6. The molecule has 77 heavy (non-hydrogen) atoms. The van der Waals surface area contributed by atoms with Crippen molar-refractivity contribution < 1.29 is 77.7 Å². The van der Waals surface area contributed by atoms with Crippen LogP contribution in [0.2, 0.25) is 0 Å². The molecule has 0 radical (unpaired) electrons. The van der Waals surface area contributed by atoms with Crippen LogP contribution in [0.4, 0.5) is 4.79 Å². The van der Waals surface area contributed by atoms with Gasteiger partial charge in [0, 0.05) is 64.3 Å². The number of hydrogen-bond donors (Lipinski definition) is 4. The van der Waals surface area contributed by atoms with Gasteiger partial charge in [0.1, 0.15) is 36.2 Å². The van der Waals surface area contributed by atoms with Crippen molar-refractivity contribution in [2.24, 2.45) is 35.5 Å². The molecule has 430 valence electrons. The Hall–Kier alpha value is -4.47. The molecule has 1 unspecified atom stereocenters. The minimum Gasteiger partial charge on any atom is -0.460 e. The molecule has 5 aliphatic heterocycles. The lowest BCUT2D eigenvalue weighted by molar-refractivity contribution is -0.266. The zero-order valence-electron chi connectivity index (χ0n) is 46.8. The molecule has 1 aliphatic carbocycles. The molecule has 0 aromatic heterocycles. The molecule has 19 heteroatoms. The second-order valence-corrected chi connectivity index (χ2v) is 23.0. The molecular formula is C58H87N3O16. The van der Waals surface area contributed by atoms with Crippen molar-refractivity contribution in [3.05, 3.63) is 47.6 Å². The highest BCUT2D eigenvalue weighted by Crippen LogP contribution is 2.39. The number of methoxy groups -OCH3 is 2. The molecule has 0 aromatic rings. The number of aliphatic hydroxyl groups excluding tert-OH is 3. The topological polar surface area (TPSA) is 256 Å². The number of hydrogen-bond acceptors (Lipinski definition) is 16. The van der Waals surface area contributed by atoms with E-state index in [0.717, 1.165) is 15.4 Å². The summed E-state index contributed by atoms with van der Waals surface area (Å²) in [5.41, 5.74) is 1.09. The van der Waals surface area contributed by atoms with Gasteiger partial charge in [0.25, 0.3) is 17.6 Å². The molecule has 1 saturated carbocycles. The second kappa shape index (κ2) is 27.6. The van der Waals surface area contributed by atoms with E-state index in [1.54, 1.807) is 40.9 Å². The molecule has 6 rings (SSSR count). The van der Waals surface area contributed by atoms with Gasteiger partial charge >= 0.3 is 12.0 Å². The molecule has 4 amide bonds. The van der Waals surface area contributed by atoms with Gasteiger partial charge in [-0.15, -0.1) is 0 Å². The first-order chi connectivity index (χ1) is 36.5. The summed E-state index contributed by atoms with van der Waals surface area (Å²) in [4.78, 5) is 102. The lowest BCUT2D eigenvalue weighted by Gasteiger charge is -2.43. The van der Waals surface area contributed by atoms with Crippen LogP contribution in [0.25, 0.3) is 0 Å². The van der Waals surface area contributed by atoms with Crippen molar-refractivity contribution in [3.8, 4) is 0 Å². The molecule has 19 nitrogen and oxygen atoms in total. The summed E-state index contributed by atoms with van der Waals surface area (Å²) in [6.07, 6.45) is 9.03. The van der Waals surface area contributed by atoms with Crippen LogP contribution in [-0.2, 0) is 52.5 Å². The van der Waals surface area contributed by atoms with Crippen LogP contribution < -0.4 is 0 Å². The predicted octanol–water partition coefficient (Wildman–Crippen LogP) is 4.95. The van der Waals surface area contributed by atoms with E-state index < -0.39 is 108 Å². The number of aliphatic hydroxyl groups is 4. The maximum Gasteiger partial charge on any atom is 0.329 e. The van der Waals surface area contributed by atoms with E-state index in [0.29, 0.717) is 63.4 Å². The fraction of sp³-hybridized carbons (Fsp3) is 0.741. The highest BCUT2D eigenvalue weighted by Gasteiger charge is 2.54. The number of ketones is 3. The summed E-state index contributed by atoms with van der Waals surface area (Å²) in [5.74, 6) is -9.16. The third kappa shape index (κ3) is 14.9. The van der Waals surface area contributed by atoms with E-state index in [2.05, 4.69) is 0 Å². The molecule has 5 fully saturated rings. The molecule has 5 heterocycles. The second-order valence-electron chi connectivity index (χ2n) is 23.0. The van der Waals surface area contributed by atoms with Crippen molar-refractivity contribution in [1.29, 1.82) is 0 Å². The molecular weight excluding hydrogens is 995 g/mol. The zero-order valence-corrected chi connectivity index (χ0v) is 46.8. The zero-order chi connectivity index (χ0) is 56.5. The number of imide groups is 1. The van der Waals surface area contributed by atoms with Gasteiger partial charge in [0.2, 0.25) is 5.79 Å². The minimum atomic E-state index is -2.57. The number of nitrogens with zero attached hydrogens (tertiary/aromatic N) is 3. The van der Waals surface area contributed by atoms with E-state index >= 15 is 0 Å². The monoisotopic (exact) mass is 1080 g/mol. The summed E-state index contributed by atoms with van der Waals surface area (Å²) in [7, 11) is 2.91. The Kier molecular flexibility index (Phi) is 22.1. The summed E-state index contributed by atoms with van der Waals surface area (Å²) in [6.45, 7) is 12.1. The van der Waals surface area contributed by atoms with Gasteiger partial charge < -0.3 is 53.9 Å². The number of piperidine rings is 1. The Morgan fingerprint density at radius 1 is 0.831 bits per heavy atom. The highest BCUT2D eigenvalue weighted by molar-refractivity contribution is 6.39. The number of urea groups is 1. The summed E-state index contributed by atoms with van der Waals surface area (Å²) < 4.78 is 30.5. The van der Waals surface area contributed by atoms with Gasteiger partial charge in [0.15, 0.2) is 5.78 Å². The Labute approximate surface area is 454 Å². The average Bonchev–Trinajstić information content (AvgIpc) is 3.95. The van der Waals surface area contributed by atoms with Crippen LogP contribution in [0, 0.1) is 35.5 Å². The van der Waals surface area contributed by atoms with E-state index in [9.17, 15) is 54.0 Å². The smallest absolute Gasteiger partial charge is 0.329 e. The fourth-order valence-corrected chi connectivity index (χ4v) is 12.3. The van der Waals surface area contributed by atoms with Crippen LogP contribution in [0.3, 0.4) is 0 Å². The van der Waals surface area contributed by atoms with Crippen LogP contribution in [0.5, 0.6) is 0 Å². The van der Waals surface area contributed by atoms with Gasteiger partial charge in [-0.05, 0) is 107 Å². The molecule has 6 aliphatic rings. The lowest BCUT2D eigenvalue weighted by Crippen LogP contribution is -2.61. The molecule has 0 spiro atoms. The maximum absolute atomic E-state index is 14.6. The number of ether oxygens (including phenoxy) is 5. The van der Waals surface area contributed by atoms with Crippen LogP contribution in [0.15, 0.2) is 47.6 Å². The SMILES string of the molecule is CO[C@@H]1C[C@H](C[C@@H](C)[C@@H]2CC(=O)[C@H](C)/C=C(\C)[C@@H](O)[C@@H](OC)C(=O)[C@H](C)C[C@H](C)/C=C/C=C/C=C(\C)C(O[C@@H]3C[C@H]4C(=O)N(CCO)C(=O)N4C3)C[C@@H]3CC[C@@H](C)[C@@](O)(O3)C(=O)C(=O)N3CCCC[C@H]3C(=O)O2)CC[C@H]1O. The molecule has 4 N–H and O–H groups in total. The van der Waals surface area contributed by atoms with Gasteiger partial charge in [-0.2, -0.15) is 0 Å². The Morgan fingerprint density at radius 3 is 2.26 bits per heavy atom. The Morgan fingerprint density at radius 2 is 1.57 bits per heavy atom. The molecule has 2 bridgehead atoms. The number of carbonyl (C=O) groups excluding carboxylic acids is 7. The summed E-state index contributed by atoms with van der Waals surface area (Å²) >= 11 is 0. The standard InChI is InChI=1S/C58H87N3O16/c1-33-15-11-10-12-16-34(2)47(75-42-29-44-54(68)60(23-24-62)57(71)61(44)32-42)30-41-20-18-39(7)58(72,77-41)53(67)55(69)59-22-14-13-17-43(59)56(70)76-48(36(4)27-40-19-21-45(63)49(28-40)73-8)31-46(64)35(3)26-38(6)51(66)52(74-9)50(65)37(5)25-33/h10-12,15-16,26,33,35-37,39-45,47-49,51-52,62-63,66,72H,13-14,17-25,27-32H2,1-9H3/b12-10+,15-11+,34-16+,38-26+/t33-,35-,36-,37-,39-,40+,41+,42-,43+,44+,45-,47?,48+,49-,51-,52+,58-/m1/s1. The number of Topliss-reactive ketones (excluding diaryl/α,β-unsaturated/α-hetero) is 3. The number of allylic oxidation sites excluding steroid dienone is 6. The van der Waals surface area contributed by atoms with Gasteiger partial charge in [-0.3, -0.25) is 28.9 Å². The lowest BCUT2D eigenvalue weighted by atomic mass is 9.78.